The number of aliphatic hydroxyl groups is 1. The van der Waals surface area contributed by atoms with Crippen LogP contribution in [0.5, 0.6) is 5.75 Å². The van der Waals surface area contributed by atoms with E-state index >= 15 is 0 Å². The van der Waals surface area contributed by atoms with Crippen molar-refractivity contribution >= 4 is 27.3 Å². The van der Waals surface area contributed by atoms with E-state index in [1.165, 1.54) is 10.4 Å². The number of hydrogen-bond acceptors (Lipinski definition) is 3. The quantitative estimate of drug-likeness (QED) is 0.843. The van der Waals surface area contributed by atoms with Gasteiger partial charge in [-0.05, 0) is 42.1 Å². The highest BCUT2D eigenvalue weighted by molar-refractivity contribution is 9.10. The van der Waals surface area contributed by atoms with Gasteiger partial charge in [0, 0.05) is 21.3 Å². The molecule has 0 amide bonds. The summed E-state index contributed by atoms with van der Waals surface area (Å²) < 4.78 is 6.98. The standard InChI is InChI=1S/C14H13BrO2S/c1-8-4-5-18-14(8)13-7-11(16)10-6-9(15)2-3-12(10)17-13/h2-6,11,13,16H,7H2,1H3/t11-,13?/m0/s1. The molecule has 3 rings (SSSR count). The highest BCUT2D eigenvalue weighted by Crippen LogP contribution is 2.43. The molecule has 0 saturated carbocycles. The van der Waals surface area contributed by atoms with Gasteiger partial charge in [0.1, 0.15) is 11.9 Å². The van der Waals surface area contributed by atoms with E-state index in [0.717, 1.165) is 15.8 Å². The molecule has 0 radical (unpaired) electrons. The van der Waals surface area contributed by atoms with Gasteiger partial charge in [-0.2, -0.15) is 0 Å². The van der Waals surface area contributed by atoms with Crippen molar-refractivity contribution in [3.8, 4) is 5.75 Å². The zero-order valence-electron chi connectivity index (χ0n) is 9.89. The second-order valence-corrected chi connectivity index (χ2v) is 6.37. The van der Waals surface area contributed by atoms with E-state index in [4.69, 9.17) is 4.74 Å². The van der Waals surface area contributed by atoms with Crippen LogP contribution < -0.4 is 4.74 Å². The predicted molar refractivity (Wildman–Crippen MR) is 76.1 cm³/mol. The largest absolute Gasteiger partial charge is 0.484 e. The number of rotatable bonds is 1. The second kappa shape index (κ2) is 4.68. The monoisotopic (exact) mass is 324 g/mol. The van der Waals surface area contributed by atoms with E-state index in [-0.39, 0.29) is 6.10 Å². The Morgan fingerprint density at radius 3 is 2.94 bits per heavy atom. The van der Waals surface area contributed by atoms with Crippen molar-refractivity contribution in [2.75, 3.05) is 0 Å². The second-order valence-electron chi connectivity index (χ2n) is 4.51. The average Bonchev–Trinajstić information content (AvgIpc) is 2.76. The zero-order valence-corrected chi connectivity index (χ0v) is 12.3. The van der Waals surface area contributed by atoms with Crippen LogP contribution >= 0.6 is 27.3 Å². The molecule has 1 aliphatic heterocycles. The lowest BCUT2D eigenvalue weighted by atomic mass is 9.97. The highest BCUT2D eigenvalue weighted by Gasteiger charge is 2.29. The lowest BCUT2D eigenvalue weighted by molar-refractivity contribution is 0.0671. The van der Waals surface area contributed by atoms with Crippen molar-refractivity contribution in [2.45, 2.75) is 25.6 Å². The first-order valence-corrected chi connectivity index (χ1v) is 7.50. The molecule has 1 aliphatic rings. The molecule has 2 heterocycles. The molecule has 4 heteroatoms. The van der Waals surface area contributed by atoms with Crippen LogP contribution in [0.1, 0.15) is 34.6 Å². The van der Waals surface area contributed by atoms with Crippen LogP contribution in [0, 0.1) is 6.92 Å². The average molecular weight is 325 g/mol. The van der Waals surface area contributed by atoms with Crippen molar-refractivity contribution in [3.63, 3.8) is 0 Å². The molecule has 0 aliphatic carbocycles. The van der Waals surface area contributed by atoms with Crippen molar-refractivity contribution in [1.29, 1.82) is 0 Å². The third-order valence-electron chi connectivity index (χ3n) is 3.23. The molecule has 18 heavy (non-hydrogen) atoms. The summed E-state index contributed by atoms with van der Waals surface area (Å²) in [7, 11) is 0. The predicted octanol–water partition coefficient (Wildman–Crippen LogP) is 4.38. The Bertz CT molecular complexity index is 579. The van der Waals surface area contributed by atoms with Crippen molar-refractivity contribution in [3.05, 3.63) is 50.1 Å². The Kier molecular flexibility index (Phi) is 3.18. The van der Waals surface area contributed by atoms with Gasteiger partial charge in [0.05, 0.1) is 6.10 Å². The maximum Gasteiger partial charge on any atom is 0.136 e. The molecule has 2 aromatic rings. The maximum atomic E-state index is 10.2. The van der Waals surface area contributed by atoms with Gasteiger partial charge >= 0.3 is 0 Å². The van der Waals surface area contributed by atoms with Crippen LogP contribution in [0.4, 0.5) is 0 Å². The van der Waals surface area contributed by atoms with Gasteiger partial charge in [0.15, 0.2) is 0 Å². The number of halogens is 1. The van der Waals surface area contributed by atoms with E-state index < -0.39 is 6.10 Å². The fourth-order valence-corrected chi connectivity index (χ4v) is 3.64. The Morgan fingerprint density at radius 1 is 1.39 bits per heavy atom. The summed E-state index contributed by atoms with van der Waals surface area (Å²) in [5.74, 6) is 0.787. The summed E-state index contributed by atoms with van der Waals surface area (Å²) in [6.07, 6.45) is 0.122. The van der Waals surface area contributed by atoms with Crippen LogP contribution in [0.15, 0.2) is 34.1 Å². The number of ether oxygens (including phenoxy) is 1. The fourth-order valence-electron chi connectivity index (χ4n) is 2.29. The van der Waals surface area contributed by atoms with Gasteiger partial charge in [0.25, 0.3) is 0 Å². The number of fused-ring (bicyclic) bond motifs is 1. The summed E-state index contributed by atoms with van der Waals surface area (Å²) in [4.78, 5) is 1.21. The highest BCUT2D eigenvalue weighted by atomic mass is 79.9. The van der Waals surface area contributed by atoms with Gasteiger partial charge in [-0.25, -0.2) is 0 Å². The Labute approximate surface area is 118 Å². The van der Waals surface area contributed by atoms with Crippen molar-refractivity contribution in [2.24, 2.45) is 0 Å². The fraction of sp³-hybridized carbons (Fsp3) is 0.286. The zero-order chi connectivity index (χ0) is 12.7. The van der Waals surface area contributed by atoms with Crippen LogP contribution in [-0.4, -0.2) is 5.11 Å². The van der Waals surface area contributed by atoms with Crippen LogP contribution in [0.3, 0.4) is 0 Å². The van der Waals surface area contributed by atoms with E-state index in [2.05, 4.69) is 34.3 Å². The molecular weight excluding hydrogens is 312 g/mol. The number of hydrogen-bond donors (Lipinski definition) is 1. The lowest BCUT2D eigenvalue weighted by Gasteiger charge is -2.29. The van der Waals surface area contributed by atoms with Crippen molar-refractivity contribution < 1.29 is 9.84 Å². The summed E-state index contributed by atoms with van der Waals surface area (Å²) in [6, 6.07) is 7.87. The normalized spacial score (nSPS) is 22.4. The van der Waals surface area contributed by atoms with E-state index in [9.17, 15) is 5.11 Å². The summed E-state index contributed by atoms with van der Waals surface area (Å²) >= 11 is 5.11. The Hall–Kier alpha value is -0.840. The van der Waals surface area contributed by atoms with E-state index in [1.807, 2.05) is 18.2 Å². The van der Waals surface area contributed by atoms with Gasteiger partial charge in [0.2, 0.25) is 0 Å². The molecule has 2 nitrogen and oxygen atoms in total. The molecule has 1 aromatic carbocycles. The lowest BCUT2D eigenvalue weighted by Crippen LogP contribution is -2.18. The first-order valence-electron chi connectivity index (χ1n) is 5.83. The first kappa shape index (κ1) is 12.2. The van der Waals surface area contributed by atoms with Gasteiger partial charge in [-0.3, -0.25) is 0 Å². The SMILES string of the molecule is Cc1ccsc1C1C[C@H](O)c2cc(Br)ccc2O1. The molecule has 1 aromatic heterocycles. The van der Waals surface area contributed by atoms with Gasteiger partial charge < -0.3 is 9.84 Å². The minimum Gasteiger partial charge on any atom is -0.484 e. The summed E-state index contributed by atoms with van der Waals surface area (Å²) in [5.41, 5.74) is 2.10. The molecular formula is C14H13BrO2S. The van der Waals surface area contributed by atoms with Crippen molar-refractivity contribution in [1.82, 2.24) is 0 Å². The van der Waals surface area contributed by atoms with Crippen LogP contribution in [0.25, 0.3) is 0 Å². The first-order chi connectivity index (χ1) is 8.65. The van der Waals surface area contributed by atoms with Crippen LogP contribution in [0.2, 0.25) is 0 Å². The van der Waals surface area contributed by atoms with Gasteiger partial charge in [-0.15, -0.1) is 11.3 Å². The third-order valence-corrected chi connectivity index (χ3v) is 4.84. The molecule has 1 N–H and O–H groups in total. The minimum atomic E-state index is -0.460. The number of benzene rings is 1. The van der Waals surface area contributed by atoms with Crippen LogP contribution in [-0.2, 0) is 0 Å². The molecule has 0 saturated heterocycles. The molecule has 94 valence electrons. The molecule has 2 atom stereocenters. The topological polar surface area (TPSA) is 29.5 Å². The molecule has 0 bridgehead atoms. The Morgan fingerprint density at radius 2 is 2.22 bits per heavy atom. The smallest absolute Gasteiger partial charge is 0.136 e. The molecule has 0 fully saturated rings. The number of aryl methyl sites for hydroxylation is 1. The van der Waals surface area contributed by atoms with Gasteiger partial charge in [-0.1, -0.05) is 15.9 Å². The Balaban J connectivity index is 1.97. The summed E-state index contributed by atoms with van der Waals surface area (Å²) in [5, 5.41) is 12.3. The van der Waals surface area contributed by atoms with E-state index in [1.54, 1.807) is 11.3 Å². The minimum absolute atomic E-state index is 0.0336. The molecule has 0 spiro atoms. The third kappa shape index (κ3) is 2.09. The molecule has 1 unspecified atom stereocenters. The summed E-state index contributed by atoms with van der Waals surface area (Å²) in [6.45, 7) is 2.08. The number of thiophene rings is 1. The maximum absolute atomic E-state index is 10.2. The number of aliphatic hydroxyl groups excluding tert-OH is 1. The van der Waals surface area contributed by atoms with E-state index in [0.29, 0.717) is 6.42 Å².